The molecule has 3 fully saturated rings. The Kier molecular flexibility index (Phi) is 3.95. The van der Waals surface area contributed by atoms with Crippen LogP contribution in [0.2, 0.25) is 0 Å². The maximum absolute atomic E-state index is 2.74. The fourth-order valence-corrected chi connectivity index (χ4v) is 4.75. The quantitative estimate of drug-likeness (QED) is 0.651. The second-order valence-electron chi connectivity index (χ2n) is 6.96. The maximum Gasteiger partial charge on any atom is 0.00957 e. The Balaban J connectivity index is 1.74. The minimum Gasteiger partial charge on any atom is -0.300 e. The van der Waals surface area contributed by atoms with E-state index in [1.165, 1.54) is 64.2 Å². The summed E-state index contributed by atoms with van der Waals surface area (Å²) >= 11 is 0. The van der Waals surface area contributed by atoms with Crippen LogP contribution in [0.4, 0.5) is 0 Å². The normalized spacial score (nSPS) is 43.7. The lowest BCUT2D eigenvalue weighted by molar-refractivity contribution is 0.0425. The van der Waals surface area contributed by atoms with Crippen molar-refractivity contribution in [3.8, 4) is 0 Å². The highest BCUT2D eigenvalue weighted by atomic mass is 15.2. The lowest BCUT2D eigenvalue weighted by atomic mass is 9.83. The van der Waals surface area contributed by atoms with E-state index in [0.717, 1.165) is 24.2 Å². The van der Waals surface area contributed by atoms with Gasteiger partial charge in [-0.25, -0.2) is 0 Å². The molecule has 3 heterocycles. The van der Waals surface area contributed by atoms with Gasteiger partial charge in [-0.2, -0.15) is 0 Å². The van der Waals surface area contributed by atoms with Gasteiger partial charge in [-0.1, -0.05) is 12.8 Å². The van der Waals surface area contributed by atoms with Crippen LogP contribution in [0.1, 0.15) is 64.2 Å². The molecule has 104 valence electrons. The molecule has 2 heteroatoms. The molecule has 0 saturated carbocycles. The standard InChI is InChI=1S/C16H30N2/c1-17-13-5-3-6-14(17)10-12-16-8-4-7-15(11-9-13)18(16)2/h13-16H,3-12H2,1-2H3/t13-,14-,15-,16-/m1/s1. The molecule has 0 amide bonds. The fraction of sp³-hybridized carbons (Fsp3) is 1.00. The largest absolute Gasteiger partial charge is 0.300 e. The lowest BCUT2D eigenvalue weighted by Crippen LogP contribution is -2.49. The molecule has 3 aliphatic rings. The van der Waals surface area contributed by atoms with Gasteiger partial charge in [0, 0.05) is 24.2 Å². The summed E-state index contributed by atoms with van der Waals surface area (Å²) < 4.78 is 0. The first-order valence-corrected chi connectivity index (χ1v) is 8.19. The van der Waals surface area contributed by atoms with E-state index in [1.54, 1.807) is 0 Å². The molecule has 3 saturated heterocycles. The van der Waals surface area contributed by atoms with Crippen molar-refractivity contribution in [2.45, 2.75) is 88.4 Å². The lowest BCUT2D eigenvalue weighted by Gasteiger charge is -2.46. The molecule has 4 bridgehead atoms. The first-order chi connectivity index (χ1) is 8.75. The molecule has 2 nitrogen and oxygen atoms in total. The summed E-state index contributed by atoms with van der Waals surface area (Å²) in [6.07, 6.45) is 14.5. The van der Waals surface area contributed by atoms with Gasteiger partial charge < -0.3 is 9.80 Å². The van der Waals surface area contributed by atoms with E-state index < -0.39 is 0 Å². The Morgan fingerprint density at radius 1 is 0.500 bits per heavy atom. The molecule has 0 N–H and O–H groups in total. The molecule has 18 heavy (non-hydrogen) atoms. The molecule has 0 aliphatic carbocycles. The van der Waals surface area contributed by atoms with E-state index in [-0.39, 0.29) is 0 Å². The molecule has 0 aromatic rings. The minimum atomic E-state index is 0.885. The van der Waals surface area contributed by atoms with Gasteiger partial charge in [-0.3, -0.25) is 0 Å². The van der Waals surface area contributed by atoms with E-state index in [9.17, 15) is 0 Å². The average molecular weight is 250 g/mol. The molecule has 3 rings (SSSR count). The van der Waals surface area contributed by atoms with Crippen molar-refractivity contribution in [3.05, 3.63) is 0 Å². The SMILES string of the molecule is CN1[C@@H]2CCC[C@@H]1CC[C@H]1CCC[C@H](CC2)N1C. The summed E-state index contributed by atoms with van der Waals surface area (Å²) in [6, 6.07) is 3.54. The number of piperidine rings is 2. The Morgan fingerprint density at radius 2 is 0.778 bits per heavy atom. The molecule has 0 unspecified atom stereocenters. The van der Waals surface area contributed by atoms with Crippen molar-refractivity contribution in [1.82, 2.24) is 9.80 Å². The summed E-state index contributed by atoms with van der Waals surface area (Å²) in [4.78, 5) is 5.48. The van der Waals surface area contributed by atoms with Crippen LogP contribution in [0.15, 0.2) is 0 Å². The monoisotopic (exact) mass is 250 g/mol. The molecule has 0 aromatic heterocycles. The molecular weight excluding hydrogens is 220 g/mol. The highest BCUT2D eigenvalue weighted by Gasteiger charge is 2.33. The van der Waals surface area contributed by atoms with Crippen molar-refractivity contribution in [2.75, 3.05) is 14.1 Å². The number of hydrogen-bond donors (Lipinski definition) is 0. The van der Waals surface area contributed by atoms with Gasteiger partial charge in [0.2, 0.25) is 0 Å². The van der Waals surface area contributed by atoms with Crippen LogP contribution in [0.25, 0.3) is 0 Å². The third kappa shape index (κ3) is 2.46. The van der Waals surface area contributed by atoms with E-state index in [0.29, 0.717) is 0 Å². The Bertz CT molecular complexity index is 226. The van der Waals surface area contributed by atoms with Crippen LogP contribution in [0.5, 0.6) is 0 Å². The average Bonchev–Trinajstić information content (AvgIpc) is 2.38. The topological polar surface area (TPSA) is 6.48 Å². The number of fused-ring (bicyclic) bond motifs is 4. The summed E-state index contributed by atoms with van der Waals surface area (Å²) in [5.74, 6) is 0. The van der Waals surface area contributed by atoms with Gasteiger partial charge in [-0.05, 0) is 65.5 Å². The van der Waals surface area contributed by atoms with Crippen molar-refractivity contribution in [3.63, 3.8) is 0 Å². The predicted molar refractivity (Wildman–Crippen MR) is 76.8 cm³/mol. The smallest absolute Gasteiger partial charge is 0.00957 e. The second-order valence-corrected chi connectivity index (χ2v) is 6.96. The molecule has 0 aromatic carbocycles. The number of rotatable bonds is 0. The molecule has 4 atom stereocenters. The first-order valence-electron chi connectivity index (χ1n) is 8.19. The van der Waals surface area contributed by atoms with Gasteiger partial charge in [0.25, 0.3) is 0 Å². The van der Waals surface area contributed by atoms with Crippen LogP contribution in [-0.2, 0) is 0 Å². The third-order valence-corrected chi connectivity index (χ3v) is 6.12. The molecule has 0 spiro atoms. The summed E-state index contributed by atoms with van der Waals surface area (Å²) in [6.45, 7) is 0. The minimum absolute atomic E-state index is 0.885. The van der Waals surface area contributed by atoms with Crippen LogP contribution >= 0.6 is 0 Å². The highest BCUT2D eigenvalue weighted by Crippen LogP contribution is 2.34. The zero-order valence-electron chi connectivity index (χ0n) is 12.3. The van der Waals surface area contributed by atoms with Crippen LogP contribution in [0.3, 0.4) is 0 Å². The first kappa shape index (κ1) is 12.9. The van der Waals surface area contributed by atoms with E-state index in [2.05, 4.69) is 23.9 Å². The predicted octanol–water partition coefficient (Wildman–Crippen LogP) is 3.27. The molecular formula is C16H30N2. The van der Waals surface area contributed by atoms with Gasteiger partial charge in [0.05, 0.1) is 0 Å². The van der Waals surface area contributed by atoms with E-state index >= 15 is 0 Å². The van der Waals surface area contributed by atoms with Gasteiger partial charge >= 0.3 is 0 Å². The maximum atomic E-state index is 2.74. The van der Waals surface area contributed by atoms with E-state index in [1.807, 2.05) is 0 Å². The number of hydrogen-bond acceptors (Lipinski definition) is 2. The Hall–Kier alpha value is -0.0800. The third-order valence-electron chi connectivity index (χ3n) is 6.12. The van der Waals surface area contributed by atoms with Gasteiger partial charge in [0.15, 0.2) is 0 Å². The summed E-state index contributed by atoms with van der Waals surface area (Å²) in [5, 5.41) is 0. The van der Waals surface area contributed by atoms with Gasteiger partial charge in [0.1, 0.15) is 0 Å². The van der Waals surface area contributed by atoms with Crippen LogP contribution < -0.4 is 0 Å². The molecule has 0 radical (unpaired) electrons. The second kappa shape index (κ2) is 5.50. The highest BCUT2D eigenvalue weighted by molar-refractivity contribution is 4.90. The molecule has 3 aliphatic heterocycles. The van der Waals surface area contributed by atoms with Crippen molar-refractivity contribution in [2.24, 2.45) is 0 Å². The Morgan fingerprint density at radius 3 is 1.06 bits per heavy atom. The van der Waals surface area contributed by atoms with Gasteiger partial charge in [-0.15, -0.1) is 0 Å². The van der Waals surface area contributed by atoms with Crippen molar-refractivity contribution >= 4 is 0 Å². The van der Waals surface area contributed by atoms with Crippen LogP contribution in [-0.4, -0.2) is 48.1 Å². The number of nitrogens with zero attached hydrogens (tertiary/aromatic N) is 2. The summed E-state index contributed by atoms with van der Waals surface area (Å²) in [5.41, 5.74) is 0. The van der Waals surface area contributed by atoms with E-state index in [4.69, 9.17) is 0 Å². The van der Waals surface area contributed by atoms with Crippen LogP contribution in [0, 0.1) is 0 Å². The fourth-order valence-electron chi connectivity index (χ4n) is 4.75. The zero-order valence-corrected chi connectivity index (χ0v) is 12.3. The van der Waals surface area contributed by atoms with Crippen molar-refractivity contribution in [1.29, 1.82) is 0 Å². The van der Waals surface area contributed by atoms with Crippen molar-refractivity contribution < 1.29 is 0 Å². The Labute approximate surface area is 113 Å². The summed E-state index contributed by atoms with van der Waals surface area (Å²) in [7, 11) is 4.80. The zero-order chi connectivity index (χ0) is 12.5.